The van der Waals surface area contributed by atoms with Crippen molar-refractivity contribution in [1.82, 2.24) is 4.72 Å². The van der Waals surface area contributed by atoms with Crippen LogP contribution in [0, 0.1) is 11.8 Å². The van der Waals surface area contributed by atoms with Gasteiger partial charge in [-0.15, -0.1) is 0 Å². The third-order valence-corrected chi connectivity index (χ3v) is 4.90. The number of hydrogen-bond donors (Lipinski definition) is 2. The minimum absolute atomic E-state index is 0.236. The van der Waals surface area contributed by atoms with E-state index in [1.165, 1.54) is 25.7 Å². The van der Waals surface area contributed by atoms with Crippen LogP contribution in [0.25, 0.3) is 0 Å². The van der Waals surface area contributed by atoms with Gasteiger partial charge in [0.05, 0.1) is 5.75 Å². The van der Waals surface area contributed by atoms with E-state index in [2.05, 4.69) is 4.72 Å². The van der Waals surface area contributed by atoms with Crippen LogP contribution in [0.3, 0.4) is 0 Å². The van der Waals surface area contributed by atoms with Crippen LogP contribution in [0.15, 0.2) is 0 Å². The van der Waals surface area contributed by atoms with Gasteiger partial charge in [-0.1, -0.05) is 0 Å². The molecule has 0 aromatic rings. The van der Waals surface area contributed by atoms with Gasteiger partial charge in [0.25, 0.3) is 0 Å². The molecule has 2 fully saturated rings. The van der Waals surface area contributed by atoms with Crippen molar-refractivity contribution in [3.8, 4) is 0 Å². The van der Waals surface area contributed by atoms with E-state index in [9.17, 15) is 8.42 Å². The van der Waals surface area contributed by atoms with Crippen molar-refractivity contribution < 1.29 is 8.42 Å². The van der Waals surface area contributed by atoms with Crippen LogP contribution >= 0.6 is 0 Å². The average Bonchev–Trinajstić information content (AvgIpc) is 3.07. The second kappa shape index (κ2) is 5.02. The molecule has 94 valence electrons. The van der Waals surface area contributed by atoms with Crippen molar-refractivity contribution in [3.05, 3.63) is 0 Å². The molecule has 0 bridgehead atoms. The molecule has 0 radical (unpaired) electrons. The Morgan fingerprint density at radius 2 is 1.69 bits per heavy atom. The number of nitrogens with two attached hydrogens (primary N) is 1. The first-order chi connectivity index (χ1) is 7.62. The summed E-state index contributed by atoms with van der Waals surface area (Å²) in [5.74, 6) is 1.48. The van der Waals surface area contributed by atoms with Gasteiger partial charge in [-0.2, -0.15) is 0 Å². The van der Waals surface area contributed by atoms with Crippen LogP contribution in [-0.2, 0) is 10.0 Å². The van der Waals surface area contributed by atoms with Gasteiger partial charge in [0, 0.05) is 6.04 Å². The molecule has 0 atom stereocenters. The number of hydrogen-bond acceptors (Lipinski definition) is 3. The molecule has 0 heterocycles. The van der Waals surface area contributed by atoms with Crippen molar-refractivity contribution >= 4 is 10.0 Å². The number of nitrogens with one attached hydrogen (secondary N) is 1. The van der Waals surface area contributed by atoms with Gasteiger partial charge < -0.3 is 5.73 Å². The number of unbranched alkanes of at least 4 members (excludes halogenated alkanes) is 1. The molecule has 2 rings (SSSR count). The van der Waals surface area contributed by atoms with Crippen molar-refractivity contribution in [2.75, 3.05) is 12.3 Å². The van der Waals surface area contributed by atoms with E-state index in [1.807, 2.05) is 0 Å². The lowest BCUT2D eigenvalue weighted by Gasteiger charge is -2.17. The lowest BCUT2D eigenvalue weighted by atomic mass is 10.1. The summed E-state index contributed by atoms with van der Waals surface area (Å²) in [4.78, 5) is 0. The van der Waals surface area contributed by atoms with Gasteiger partial charge in [-0.25, -0.2) is 13.1 Å². The fourth-order valence-corrected chi connectivity index (χ4v) is 3.69. The summed E-state index contributed by atoms with van der Waals surface area (Å²) in [7, 11) is -3.07. The molecule has 16 heavy (non-hydrogen) atoms. The largest absolute Gasteiger partial charge is 0.330 e. The molecule has 0 spiro atoms. The summed E-state index contributed by atoms with van der Waals surface area (Å²) in [6.45, 7) is 0.574. The zero-order valence-corrected chi connectivity index (χ0v) is 10.5. The Morgan fingerprint density at radius 1 is 1.12 bits per heavy atom. The Hall–Kier alpha value is -0.130. The maximum atomic E-state index is 11.8. The highest BCUT2D eigenvalue weighted by molar-refractivity contribution is 7.89. The molecule has 5 heteroatoms. The summed E-state index contributed by atoms with van der Waals surface area (Å²) in [6, 6.07) is 0.239. The highest BCUT2D eigenvalue weighted by Crippen LogP contribution is 2.44. The summed E-state index contributed by atoms with van der Waals surface area (Å²) in [5, 5.41) is 0. The highest BCUT2D eigenvalue weighted by atomic mass is 32.2. The molecular weight excluding hydrogens is 224 g/mol. The van der Waals surface area contributed by atoms with Crippen LogP contribution in [0.4, 0.5) is 0 Å². The molecule has 3 N–H and O–H groups in total. The third kappa shape index (κ3) is 3.71. The Morgan fingerprint density at radius 3 is 2.12 bits per heavy atom. The standard InChI is InChI=1S/C11H22N2O2S/c12-7-1-2-8-16(14,15)13-11(9-3-4-9)10-5-6-10/h9-11,13H,1-8,12H2. The van der Waals surface area contributed by atoms with Gasteiger partial charge >= 0.3 is 0 Å². The van der Waals surface area contributed by atoms with Gasteiger partial charge in [0.15, 0.2) is 0 Å². The molecule has 0 saturated heterocycles. The smallest absolute Gasteiger partial charge is 0.211 e. The van der Waals surface area contributed by atoms with E-state index in [-0.39, 0.29) is 11.8 Å². The topological polar surface area (TPSA) is 72.2 Å². The molecule has 0 amide bonds. The summed E-state index contributed by atoms with van der Waals surface area (Å²) < 4.78 is 26.6. The second-order valence-corrected chi connectivity index (χ2v) is 7.01. The molecule has 2 aliphatic rings. The van der Waals surface area contributed by atoms with Crippen LogP contribution in [0.1, 0.15) is 38.5 Å². The summed E-state index contributed by atoms with van der Waals surface area (Å²) in [5.41, 5.74) is 5.36. The van der Waals surface area contributed by atoms with Crippen molar-refractivity contribution in [3.63, 3.8) is 0 Å². The molecule has 2 saturated carbocycles. The molecule has 2 aliphatic carbocycles. The lowest BCUT2D eigenvalue weighted by molar-refractivity contribution is 0.470. The Labute approximate surface area is 98.0 Å². The lowest BCUT2D eigenvalue weighted by Crippen LogP contribution is -2.39. The van der Waals surface area contributed by atoms with Crippen LogP contribution in [0.5, 0.6) is 0 Å². The van der Waals surface area contributed by atoms with E-state index in [1.54, 1.807) is 0 Å². The first-order valence-electron chi connectivity index (χ1n) is 6.32. The molecule has 4 nitrogen and oxygen atoms in total. The van der Waals surface area contributed by atoms with Crippen molar-refractivity contribution in [2.24, 2.45) is 17.6 Å². The molecule has 0 unspecified atom stereocenters. The quantitative estimate of drug-likeness (QED) is 0.623. The maximum absolute atomic E-state index is 11.8. The monoisotopic (exact) mass is 246 g/mol. The van der Waals surface area contributed by atoms with E-state index in [0.717, 1.165) is 6.42 Å². The average molecular weight is 246 g/mol. The predicted octanol–water partition coefficient (Wildman–Crippen LogP) is 0.833. The third-order valence-electron chi connectivity index (χ3n) is 3.44. The molecule has 0 aromatic carbocycles. The number of sulfonamides is 1. The van der Waals surface area contributed by atoms with E-state index >= 15 is 0 Å². The van der Waals surface area contributed by atoms with Crippen LogP contribution in [0.2, 0.25) is 0 Å². The van der Waals surface area contributed by atoms with Gasteiger partial charge in [0.2, 0.25) is 10.0 Å². The zero-order chi connectivity index (χ0) is 11.6. The molecular formula is C11H22N2O2S. The van der Waals surface area contributed by atoms with Gasteiger partial charge in [-0.05, 0) is 56.9 Å². The Kier molecular flexibility index (Phi) is 3.87. The van der Waals surface area contributed by atoms with Crippen molar-refractivity contribution in [1.29, 1.82) is 0 Å². The normalized spacial score (nSPS) is 21.6. The van der Waals surface area contributed by atoms with E-state index in [4.69, 9.17) is 5.73 Å². The zero-order valence-electron chi connectivity index (χ0n) is 9.69. The van der Waals surface area contributed by atoms with E-state index < -0.39 is 10.0 Å². The fourth-order valence-electron chi connectivity index (χ4n) is 2.19. The first-order valence-corrected chi connectivity index (χ1v) is 7.97. The van der Waals surface area contributed by atoms with Gasteiger partial charge in [0.1, 0.15) is 0 Å². The van der Waals surface area contributed by atoms with E-state index in [0.29, 0.717) is 24.8 Å². The molecule has 0 aromatic heterocycles. The molecule has 0 aliphatic heterocycles. The Bertz CT molecular complexity index is 309. The predicted molar refractivity (Wildman–Crippen MR) is 64.4 cm³/mol. The van der Waals surface area contributed by atoms with Crippen LogP contribution < -0.4 is 10.5 Å². The SMILES string of the molecule is NCCCCS(=O)(=O)NC(C1CC1)C1CC1. The maximum Gasteiger partial charge on any atom is 0.211 e. The fraction of sp³-hybridized carbons (Fsp3) is 1.00. The summed E-state index contributed by atoms with van der Waals surface area (Å²) in [6.07, 6.45) is 6.27. The first kappa shape index (κ1) is 12.3. The highest BCUT2D eigenvalue weighted by Gasteiger charge is 2.43. The minimum Gasteiger partial charge on any atom is -0.330 e. The number of rotatable bonds is 8. The van der Waals surface area contributed by atoms with Gasteiger partial charge in [-0.3, -0.25) is 0 Å². The minimum atomic E-state index is -3.07. The van der Waals surface area contributed by atoms with Crippen molar-refractivity contribution in [2.45, 2.75) is 44.6 Å². The summed E-state index contributed by atoms with van der Waals surface area (Å²) >= 11 is 0. The second-order valence-electron chi connectivity index (χ2n) is 5.13. The van der Waals surface area contributed by atoms with Crippen LogP contribution in [-0.4, -0.2) is 26.8 Å². The Balaban J connectivity index is 1.80.